The zero-order chi connectivity index (χ0) is 29.7. The number of aryl methyl sites for hydroxylation is 1. The van der Waals surface area contributed by atoms with Gasteiger partial charge in [0.25, 0.3) is 0 Å². The zero-order valence-electron chi connectivity index (χ0n) is 25.8. The SMILES string of the molecule is Cc1cc(-c2cccc3c4c([nH]c23)-c2ccccc2C4(C)C)c2c(c1)-n1c3c(c4cccc(c41)[B]2)C(C)(C)c1ccccc1-3. The highest BCUT2D eigenvalue weighted by atomic mass is 15.0. The van der Waals surface area contributed by atoms with E-state index in [4.69, 9.17) is 0 Å². The molecule has 1 N–H and O–H groups in total. The van der Waals surface area contributed by atoms with Crippen molar-refractivity contribution in [1.29, 1.82) is 0 Å². The Balaban J connectivity index is 1.29. The topological polar surface area (TPSA) is 20.7 Å². The molecule has 0 amide bonds. The largest absolute Gasteiger partial charge is 0.354 e. The molecule has 3 heterocycles. The molecule has 5 aromatic carbocycles. The Kier molecular flexibility index (Phi) is 4.40. The molecule has 2 nitrogen and oxygen atoms in total. The third-order valence-corrected chi connectivity index (χ3v) is 11.0. The van der Waals surface area contributed by atoms with Gasteiger partial charge in [-0.1, -0.05) is 124 Å². The fourth-order valence-corrected chi connectivity index (χ4v) is 9.15. The summed E-state index contributed by atoms with van der Waals surface area (Å²) in [5.74, 6) is 0. The van der Waals surface area contributed by atoms with E-state index < -0.39 is 0 Å². The van der Waals surface area contributed by atoms with E-state index in [0.29, 0.717) is 0 Å². The number of benzene rings is 5. The Morgan fingerprint density at radius 3 is 2.11 bits per heavy atom. The predicted octanol–water partition coefficient (Wildman–Crippen LogP) is 8.67. The summed E-state index contributed by atoms with van der Waals surface area (Å²) in [5.41, 5.74) is 21.1. The smallest absolute Gasteiger partial charge is 0.197 e. The van der Waals surface area contributed by atoms with Gasteiger partial charge < -0.3 is 9.55 Å². The van der Waals surface area contributed by atoms with Crippen LogP contribution in [0.25, 0.3) is 61.1 Å². The predicted molar refractivity (Wildman–Crippen MR) is 185 cm³/mol. The van der Waals surface area contributed by atoms with Crippen LogP contribution < -0.4 is 10.9 Å². The molecular weight excluding hydrogens is 531 g/mol. The van der Waals surface area contributed by atoms with E-state index in [0.717, 1.165) is 0 Å². The summed E-state index contributed by atoms with van der Waals surface area (Å²) in [4.78, 5) is 3.96. The van der Waals surface area contributed by atoms with Crippen LogP contribution in [0.2, 0.25) is 0 Å². The van der Waals surface area contributed by atoms with Gasteiger partial charge in [0.05, 0.1) is 16.9 Å². The minimum atomic E-state index is -0.0648. The maximum atomic E-state index is 3.96. The molecule has 3 heteroatoms. The lowest BCUT2D eigenvalue weighted by Crippen LogP contribution is -2.37. The number of aromatic nitrogens is 2. The molecule has 0 unspecified atom stereocenters. The number of H-pyrrole nitrogens is 1. The number of hydrogen-bond donors (Lipinski definition) is 1. The first-order chi connectivity index (χ1) is 21.3. The first-order valence-corrected chi connectivity index (χ1v) is 15.8. The Bertz CT molecular complexity index is 2430. The molecule has 0 saturated heterocycles. The monoisotopic (exact) mass is 563 g/mol. The summed E-state index contributed by atoms with van der Waals surface area (Å²) in [5, 5.41) is 2.69. The van der Waals surface area contributed by atoms with Crippen molar-refractivity contribution in [2.24, 2.45) is 0 Å². The Labute approximate surface area is 258 Å². The van der Waals surface area contributed by atoms with Crippen molar-refractivity contribution >= 4 is 40.0 Å². The fraction of sp³-hybridized carbons (Fsp3) is 0.171. The first kappa shape index (κ1) is 24.7. The molecule has 2 aliphatic carbocycles. The van der Waals surface area contributed by atoms with E-state index >= 15 is 0 Å². The lowest BCUT2D eigenvalue weighted by molar-refractivity contribution is 0.666. The minimum Gasteiger partial charge on any atom is -0.354 e. The van der Waals surface area contributed by atoms with Gasteiger partial charge in [-0.15, -0.1) is 0 Å². The van der Waals surface area contributed by atoms with Crippen LogP contribution >= 0.6 is 0 Å². The van der Waals surface area contributed by atoms with Crippen molar-refractivity contribution < 1.29 is 0 Å². The molecule has 44 heavy (non-hydrogen) atoms. The van der Waals surface area contributed by atoms with Crippen molar-refractivity contribution in [2.45, 2.75) is 45.4 Å². The van der Waals surface area contributed by atoms with E-state index in [1.807, 2.05) is 0 Å². The maximum Gasteiger partial charge on any atom is 0.197 e. The molecule has 7 aromatic rings. The highest BCUT2D eigenvalue weighted by molar-refractivity contribution is 6.73. The zero-order valence-corrected chi connectivity index (χ0v) is 25.8. The van der Waals surface area contributed by atoms with E-state index in [1.54, 1.807) is 0 Å². The van der Waals surface area contributed by atoms with Gasteiger partial charge in [-0.25, -0.2) is 0 Å². The number of para-hydroxylation sites is 2. The third kappa shape index (κ3) is 2.76. The average Bonchev–Trinajstić information content (AvgIpc) is 3.71. The van der Waals surface area contributed by atoms with Gasteiger partial charge in [0.1, 0.15) is 0 Å². The van der Waals surface area contributed by atoms with Crippen molar-refractivity contribution in [2.75, 3.05) is 0 Å². The third-order valence-electron chi connectivity index (χ3n) is 11.0. The molecule has 10 rings (SSSR count). The fourth-order valence-electron chi connectivity index (χ4n) is 9.15. The molecule has 0 spiro atoms. The Hall–Kier alpha value is -4.76. The lowest BCUT2D eigenvalue weighted by Gasteiger charge is -2.26. The highest BCUT2D eigenvalue weighted by Crippen LogP contribution is 2.55. The molecule has 0 fully saturated rings. The summed E-state index contributed by atoms with van der Waals surface area (Å²) in [6.07, 6.45) is 0. The van der Waals surface area contributed by atoms with Gasteiger partial charge in [-0.05, 0) is 51.8 Å². The van der Waals surface area contributed by atoms with Crippen molar-refractivity contribution in [3.8, 4) is 39.3 Å². The van der Waals surface area contributed by atoms with Crippen LogP contribution in [0.1, 0.15) is 55.5 Å². The quantitative estimate of drug-likeness (QED) is 0.193. The number of rotatable bonds is 1. The lowest BCUT2D eigenvalue weighted by atomic mass is 9.58. The second-order valence-electron chi connectivity index (χ2n) is 14.1. The molecule has 3 aliphatic rings. The number of aromatic amines is 1. The second kappa shape index (κ2) is 7.84. The minimum absolute atomic E-state index is 0.0581. The van der Waals surface area contributed by atoms with E-state index in [2.05, 4.69) is 149 Å². The van der Waals surface area contributed by atoms with Crippen molar-refractivity contribution in [3.05, 3.63) is 125 Å². The van der Waals surface area contributed by atoms with Crippen LogP contribution in [0.15, 0.2) is 97.1 Å². The first-order valence-electron chi connectivity index (χ1n) is 15.8. The van der Waals surface area contributed by atoms with Gasteiger partial charge in [-0.3, -0.25) is 0 Å². The Morgan fingerprint density at radius 1 is 0.636 bits per heavy atom. The van der Waals surface area contributed by atoms with Gasteiger partial charge in [0, 0.05) is 49.5 Å². The van der Waals surface area contributed by atoms with Gasteiger partial charge >= 0.3 is 0 Å². The van der Waals surface area contributed by atoms with Crippen LogP contribution in [-0.4, -0.2) is 16.8 Å². The van der Waals surface area contributed by atoms with E-state index in [9.17, 15) is 0 Å². The molecule has 209 valence electrons. The summed E-state index contributed by atoms with van der Waals surface area (Å²) in [6.45, 7) is 11.8. The number of nitrogens with zero attached hydrogens (tertiary/aromatic N) is 1. The maximum absolute atomic E-state index is 3.96. The van der Waals surface area contributed by atoms with Crippen LogP contribution in [0.3, 0.4) is 0 Å². The van der Waals surface area contributed by atoms with Crippen molar-refractivity contribution in [3.63, 3.8) is 0 Å². The van der Waals surface area contributed by atoms with Crippen LogP contribution in [-0.2, 0) is 10.8 Å². The molecule has 0 atom stereocenters. The molecule has 1 radical (unpaired) electrons. The average molecular weight is 564 g/mol. The molecular formula is C41H32BN2. The van der Waals surface area contributed by atoms with E-state index in [1.165, 1.54) is 99.9 Å². The summed E-state index contributed by atoms with van der Waals surface area (Å²) < 4.78 is 2.59. The van der Waals surface area contributed by atoms with Crippen LogP contribution in [0.4, 0.5) is 0 Å². The van der Waals surface area contributed by atoms with Gasteiger partial charge in [0.15, 0.2) is 7.28 Å². The molecule has 0 saturated carbocycles. The normalized spacial score (nSPS) is 15.9. The summed E-state index contributed by atoms with van der Waals surface area (Å²) >= 11 is 0. The molecule has 0 bridgehead atoms. The van der Waals surface area contributed by atoms with Crippen molar-refractivity contribution in [1.82, 2.24) is 9.55 Å². The van der Waals surface area contributed by atoms with Crippen LogP contribution in [0.5, 0.6) is 0 Å². The molecule has 1 aliphatic heterocycles. The second-order valence-corrected chi connectivity index (χ2v) is 14.1. The molecule has 2 aromatic heterocycles. The Morgan fingerprint density at radius 2 is 1.30 bits per heavy atom. The summed E-state index contributed by atoms with van der Waals surface area (Å²) in [7, 11) is 2.44. The van der Waals surface area contributed by atoms with E-state index in [-0.39, 0.29) is 10.8 Å². The van der Waals surface area contributed by atoms with Gasteiger partial charge in [-0.2, -0.15) is 0 Å². The van der Waals surface area contributed by atoms with Crippen LogP contribution in [0, 0.1) is 6.92 Å². The number of nitrogens with one attached hydrogen (secondary N) is 1. The number of hydrogen-bond acceptors (Lipinski definition) is 0. The highest BCUT2D eigenvalue weighted by Gasteiger charge is 2.42. The van der Waals surface area contributed by atoms with Gasteiger partial charge in [0.2, 0.25) is 0 Å². The number of fused-ring (bicyclic) bond motifs is 12. The summed E-state index contributed by atoms with van der Waals surface area (Å²) in [6, 6.07) is 36.4. The standard InChI is InChI=1S/C41H32BN2/c1-22-20-28(23-14-10-15-26-33-37(43-36(23)26)24-12-6-8-17-29(24)40(33,2)3)35-32(21-22)44-38-27(16-11-19-31(38)42-35)34-39(44)25-13-7-9-18-30(25)41(34,4)5/h6-21,43H,1-5H3.